The molecule has 2 aliphatic rings. The highest BCUT2D eigenvalue weighted by molar-refractivity contribution is 7.99. The van der Waals surface area contributed by atoms with E-state index in [1.165, 1.54) is 17.4 Å². The highest BCUT2D eigenvalue weighted by Crippen LogP contribution is 2.30. The predicted octanol–water partition coefficient (Wildman–Crippen LogP) is 3.16. The number of amides is 1. The van der Waals surface area contributed by atoms with E-state index in [2.05, 4.69) is 17.0 Å². The summed E-state index contributed by atoms with van der Waals surface area (Å²) in [6, 6.07) is 17.4. The molecule has 166 valence electrons. The lowest BCUT2D eigenvalue weighted by molar-refractivity contribution is -0.137. The van der Waals surface area contributed by atoms with E-state index in [1.807, 2.05) is 41.5 Å². The average molecular weight is 460 g/mol. The van der Waals surface area contributed by atoms with Crippen molar-refractivity contribution >= 4 is 33.4 Å². The van der Waals surface area contributed by atoms with Gasteiger partial charge < -0.3 is 9.80 Å². The Labute approximate surface area is 189 Å². The number of piperazine rings is 1. The van der Waals surface area contributed by atoms with Gasteiger partial charge in [0, 0.05) is 55.8 Å². The van der Waals surface area contributed by atoms with Crippen LogP contribution in [0.1, 0.15) is 12.8 Å². The minimum Gasteiger partial charge on any atom is -0.368 e. The molecule has 0 radical (unpaired) electrons. The number of nitrogens with zero attached hydrogens (tertiary/aromatic N) is 3. The van der Waals surface area contributed by atoms with Gasteiger partial charge in [-0.1, -0.05) is 30.3 Å². The van der Waals surface area contributed by atoms with E-state index >= 15 is 0 Å². The summed E-state index contributed by atoms with van der Waals surface area (Å²) in [5.41, 5.74) is 1.19. The smallest absolute Gasteiger partial charge is 0.244 e. The fourth-order valence-electron chi connectivity index (χ4n) is 4.40. The van der Waals surface area contributed by atoms with Crippen LogP contribution in [0.3, 0.4) is 0 Å². The van der Waals surface area contributed by atoms with Gasteiger partial charge in [-0.05, 0) is 43.4 Å². The third-order valence-electron chi connectivity index (χ3n) is 6.20. The Bertz CT molecular complexity index is 998. The van der Waals surface area contributed by atoms with Gasteiger partial charge >= 0.3 is 0 Å². The van der Waals surface area contributed by atoms with E-state index in [1.54, 1.807) is 16.4 Å². The zero-order valence-electron chi connectivity index (χ0n) is 17.8. The molecule has 0 aromatic heterocycles. The van der Waals surface area contributed by atoms with E-state index in [0.29, 0.717) is 43.9 Å². The highest BCUT2D eigenvalue weighted by atomic mass is 32.2. The number of carbonyl (C=O) groups is 1. The fraction of sp³-hybridized carbons (Fsp3) is 0.435. The molecule has 2 heterocycles. The number of thioether (sulfide) groups is 1. The molecule has 4 rings (SSSR count). The van der Waals surface area contributed by atoms with Gasteiger partial charge in [0.2, 0.25) is 15.9 Å². The Kier molecular flexibility index (Phi) is 6.89. The Hall–Kier alpha value is -2.03. The van der Waals surface area contributed by atoms with Crippen LogP contribution in [-0.2, 0) is 14.8 Å². The van der Waals surface area contributed by atoms with Crippen LogP contribution < -0.4 is 4.90 Å². The minimum absolute atomic E-state index is 0.0921. The van der Waals surface area contributed by atoms with Crippen LogP contribution in [0.25, 0.3) is 0 Å². The van der Waals surface area contributed by atoms with Gasteiger partial charge in [0.25, 0.3) is 0 Å². The normalized spacial score (nSPS) is 18.9. The first-order chi connectivity index (χ1) is 15.0. The highest BCUT2D eigenvalue weighted by Gasteiger charge is 2.35. The number of anilines is 1. The lowest BCUT2D eigenvalue weighted by atomic mass is 9.96. The van der Waals surface area contributed by atoms with Crippen LogP contribution in [0.5, 0.6) is 0 Å². The van der Waals surface area contributed by atoms with Crippen molar-refractivity contribution in [3.63, 3.8) is 0 Å². The predicted molar refractivity (Wildman–Crippen MR) is 125 cm³/mol. The molecule has 2 aromatic carbocycles. The van der Waals surface area contributed by atoms with E-state index in [4.69, 9.17) is 0 Å². The van der Waals surface area contributed by atoms with E-state index in [-0.39, 0.29) is 11.8 Å². The third kappa shape index (κ3) is 4.76. The second kappa shape index (κ2) is 9.63. The van der Waals surface area contributed by atoms with Crippen LogP contribution in [-0.4, -0.2) is 69.1 Å². The number of sulfonamides is 1. The van der Waals surface area contributed by atoms with Crippen molar-refractivity contribution in [2.75, 3.05) is 50.4 Å². The summed E-state index contributed by atoms with van der Waals surface area (Å²) in [7, 11) is -3.54. The molecule has 2 aromatic rings. The van der Waals surface area contributed by atoms with Crippen LogP contribution in [0.2, 0.25) is 0 Å². The average Bonchev–Trinajstić information content (AvgIpc) is 2.84. The lowest BCUT2D eigenvalue weighted by Gasteiger charge is -2.39. The summed E-state index contributed by atoms with van der Waals surface area (Å²) < 4.78 is 27.8. The molecule has 31 heavy (non-hydrogen) atoms. The largest absolute Gasteiger partial charge is 0.368 e. The van der Waals surface area contributed by atoms with Crippen molar-refractivity contribution in [1.82, 2.24) is 9.21 Å². The molecular weight excluding hydrogens is 430 g/mol. The Balaban J connectivity index is 1.33. The van der Waals surface area contributed by atoms with Gasteiger partial charge in [-0.15, -0.1) is 11.8 Å². The second-order valence-corrected chi connectivity index (χ2v) is 10.7. The maximum absolute atomic E-state index is 13.1. The van der Waals surface area contributed by atoms with Crippen molar-refractivity contribution in [1.29, 1.82) is 0 Å². The second-order valence-electron chi connectivity index (χ2n) is 7.98. The molecule has 1 amide bonds. The van der Waals surface area contributed by atoms with Crippen LogP contribution in [0, 0.1) is 5.92 Å². The molecular formula is C23H29N3O3S2. The number of carbonyl (C=O) groups excluding carboxylic acids is 1. The molecule has 0 saturated carbocycles. The molecule has 2 saturated heterocycles. The summed E-state index contributed by atoms with van der Waals surface area (Å²) >= 11 is 1.44. The Morgan fingerprint density at radius 2 is 1.48 bits per heavy atom. The number of piperidine rings is 1. The Morgan fingerprint density at radius 3 is 2.13 bits per heavy atom. The quantitative estimate of drug-likeness (QED) is 0.643. The molecule has 0 N–H and O–H groups in total. The minimum atomic E-state index is -3.54. The van der Waals surface area contributed by atoms with Gasteiger partial charge in [0.1, 0.15) is 0 Å². The summed E-state index contributed by atoms with van der Waals surface area (Å²) in [5.74, 6) is 0.0831. The van der Waals surface area contributed by atoms with Crippen molar-refractivity contribution in [2.45, 2.75) is 22.6 Å². The monoisotopic (exact) mass is 459 g/mol. The van der Waals surface area contributed by atoms with Crippen molar-refractivity contribution in [2.24, 2.45) is 5.92 Å². The molecule has 2 fully saturated rings. The van der Waals surface area contributed by atoms with E-state index in [9.17, 15) is 13.2 Å². The lowest BCUT2D eigenvalue weighted by Crippen LogP contribution is -2.52. The van der Waals surface area contributed by atoms with Gasteiger partial charge in [-0.25, -0.2) is 8.42 Å². The number of hydrogen-bond donors (Lipinski definition) is 0. The topological polar surface area (TPSA) is 60.9 Å². The van der Waals surface area contributed by atoms with Gasteiger partial charge in [0.05, 0.1) is 4.90 Å². The van der Waals surface area contributed by atoms with Gasteiger partial charge in [0.15, 0.2) is 0 Å². The molecule has 2 aliphatic heterocycles. The maximum atomic E-state index is 13.1. The third-order valence-corrected chi connectivity index (χ3v) is 9.08. The first-order valence-electron chi connectivity index (χ1n) is 10.7. The molecule has 0 spiro atoms. The fourth-order valence-corrected chi connectivity index (χ4v) is 6.99. The molecule has 0 aliphatic carbocycles. The first kappa shape index (κ1) is 22.2. The molecule has 6 nitrogen and oxygen atoms in total. The summed E-state index contributed by atoms with van der Waals surface area (Å²) in [6.07, 6.45) is 3.05. The number of rotatable bonds is 5. The SMILES string of the molecule is CSc1ccccc1S(=O)(=O)N1CCC(C(=O)N2CCN(c3ccccc3)CC2)CC1. The standard InChI is InChI=1S/C23H29N3O3S2/c1-30-21-9-5-6-10-22(21)31(28,29)26-13-11-19(12-14-26)23(27)25-17-15-24(16-18-25)20-7-3-2-4-8-20/h2-10,19H,11-18H2,1H3. The summed E-state index contributed by atoms with van der Waals surface area (Å²) in [6.45, 7) is 3.88. The number of benzene rings is 2. The maximum Gasteiger partial charge on any atom is 0.244 e. The summed E-state index contributed by atoms with van der Waals surface area (Å²) in [5, 5.41) is 0. The molecule has 0 bridgehead atoms. The zero-order chi connectivity index (χ0) is 21.8. The van der Waals surface area contributed by atoms with Crippen molar-refractivity contribution in [3.05, 3.63) is 54.6 Å². The Morgan fingerprint density at radius 1 is 0.871 bits per heavy atom. The molecule has 8 heteroatoms. The van der Waals surface area contributed by atoms with Crippen LogP contribution >= 0.6 is 11.8 Å². The van der Waals surface area contributed by atoms with E-state index in [0.717, 1.165) is 18.0 Å². The molecule has 0 atom stereocenters. The molecule has 0 unspecified atom stereocenters. The number of hydrogen-bond acceptors (Lipinski definition) is 5. The summed E-state index contributed by atoms with van der Waals surface area (Å²) in [4.78, 5) is 18.4. The van der Waals surface area contributed by atoms with Crippen LogP contribution in [0.4, 0.5) is 5.69 Å². The van der Waals surface area contributed by atoms with Gasteiger partial charge in [-0.3, -0.25) is 4.79 Å². The van der Waals surface area contributed by atoms with Crippen molar-refractivity contribution < 1.29 is 13.2 Å². The van der Waals surface area contributed by atoms with Gasteiger partial charge in [-0.2, -0.15) is 4.31 Å². The van der Waals surface area contributed by atoms with Crippen molar-refractivity contribution in [3.8, 4) is 0 Å². The number of para-hydroxylation sites is 1. The zero-order valence-corrected chi connectivity index (χ0v) is 19.4. The van der Waals surface area contributed by atoms with Crippen LogP contribution in [0.15, 0.2) is 64.4 Å². The first-order valence-corrected chi connectivity index (χ1v) is 13.4. The van der Waals surface area contributed by atoms with E-state index < -0.39 is 10.0 Å².